The van der Waals surface area contributed by atoms with Crippen molar-refractivity contribution in [1.82, 2.24) is 4.90 Å². The average molecular weight is 461 g/mol. The zero-order valence-electron chi connectivity index (χ0n) is 17.8. The number of imide groups is 1. The van der Waals surface area contributed by atoms with Crippen molar-refractivity contribution >= 4 is 51.8 Å². The van der Waals surface area contributed by atoms with Gasteiger partial charge in [0.1, 0.15) is 11.0 Å². The van der Waals surface area contributed by atoms with Gasteiger partial charge in [-0.25, -0.2) is 4.79 Å². The van der Waals surface area contributed by atoms with Crippen LogP contribution in [0.1, 0.15) is 54.9 Å². The predicted molar refractivity (Wildman–Crippen MR) is 122 cm³/mol. The number of thioether (sulfide) groups is 1. The molecule has 1 aliphatic heterocycles. The normalized spacial score (nSPS) is 13.9. The molecule has 1 atom stereocenters. The molecular weight excluding hydrogens is 436 g/mol. The highest BCUT2D eigenvalue weighted by molar-refractivity contribution is 7.98. The van der Waals surface area contributed by atoms with Crippen molar-refractivity contribution in [2.75, 3.05) is 23.9 Å². The molecule has 0 aliphatic carbocycles. The third-order valence-electron chi connectivity index (χ3n) is 5.14. The second kappa shape index (κ2) is 9.65. The molecule has 0 fully saturated rings. The molecule has 1 aromatic heterocycles. The summed E-state index contributed by atoms with van der Waals surface area (Å²) in [5, 5.41) is 3.15. The minimum atomic E-state index is -0.988. The Balaban J connectivity index is 1.93. The zero-order chi connectivity index (χ0) is 22.7. The highest BCUT2D eigenvalue weighted by Crippen LogP contribution is 2.34. The number of carbonyl (C=O) groups is 4. The summed E-state index contributed by atoms with van der Waals surface area (Å²) in [6, 6.07) is 5.56. The van der Waals surface area contributed by atoms with Crippen LogP contribution < -0.4 is 5.32 Å². The SMILES string of the molecule is CCOC(=O)c1c(NC(=O)C(CCSC)N2C(=O)c3ccccc3C2=O)sc(C)c1C. The number of benzene rings is 1. The van der Waals surface area contributed by atoms with Gasteiger partial charge in [0, 0.05) is 4.88 Å². The van der Waals surface area contributed by atoms with Gasteiger partial charge in [0.15, 0.2) is 0 Å². The highest BCUT2D eigenvalue weighted by Gasteiger charge is 2.42. The Morgan fingerprint density at radius 2 is 1.77 bits per heavy atom. The van der Waals surface area contributed by atoms with E-state index in [1.54, 1.807) is 38.1 Å². The molecule has 0 bridgehead atoms. The molecule has 7 nitrogen and oxygen atoms in total. The van der Waals surface area contributed by atoms with Crippen molar-refractivity contribution < 1.29 is 23.9 Å². The number of hydrogen-bond acceptors (Lipinski definition) is 7. The first kappa shape index (κ1) is 23.0. The fraction of sp³-hybridized carbons (Fsp3) is 0.364. The number of carbonyl (C=O) groups excluding carboxylic acids is 4. The van der Waals surface area contributed by atoms with Gasteiger partial charge in [-0.15, -0.1) is 11.3 Å². The van der Waals surface area contributed by atoms with Gasteiger partial charge in [-0.1, -0.05) is 12.1 Å². The van der Waals surface area contributed by atoms with Crippen molar-refractivity contribution in [2.45, 2.75) is 33.2 Å². The van der Waals surface area contributed by atoms with Crippen LogP contribution in [0.5, 0.6) is 0 Å². The summed E-state index contributed by atoms with van der Waals surface area (Å²) in [6.07, 6.45) is 2.19. The lowest BCUT2D eigenvalue weighted by atomic mass is 10.1. The van der Waals surface area contributed by atoms with Crippen LogP contribution in [-0.2, 0) is 9.53 Å². The molecule has 2 heterocycles. The molecule has 1 aliphatic rings. The van der Waals surface area contributed by atoms with E-state index in [-0.39, 0.29) is 6.61 Å². The van der Waals surface area contributed by atoms with E-state index >= 15 is 0 Å². The Hall–Kier alpha value is -2.65. The number of thiophene rings is 1. The summed E-state index contributed by atoms with van der Waals surface area (Å²) in [6.45, 7) is 5.58. The summed E-state index contributed by atoms with van der Waals surface area (Å²) in [4.78, 5) is 53.5. The number of aryl methyl sites for hydroxylation is 1. The van der Waals surface area contributed by atoms with Gasteiger partial charge in [0.25, 0.3) is 11.8 Å². The Morgan fingerprint density at radius 1 is 1.16 bits per heavy atom. The highest BCUT2D eigenvalue weighted by atomic mass is 32.2. The number of nitrogens with one attached hydrogen (secondary N) is 1. The summed E-state index contributed by atoms with van der Waals surface area (Å²) in [5.41, 5.74) is 1.64. The number of nitrogens with zero attached hydrogens (tertiary/aromatic N) is 1. The fourth-order valence-electron chi connectivity index (χ4n) is 3.46. The van der Waals surface area contributed by atoms with Gasteiger partial charge in [-0.05, 0) is 56.9 Å². The molecule has 0 radical (unpaired) electrons. The Morgan fingerprint density at radius 3 is 2.32 bits per heavy atom. The Labute approximate surface area is 189 Å². The van der Waals surface area contributed by atoms with E-state index in [4.69, 9.17) is 4.74 Å². The van der Waals surface area contributed by atoms with Crippen molar-refractivity contribution in [2.24, 2.45) is 0 Å². The maximum atomic E-state index is 13.3. The molecule has 1 aromatic carbocycles. The van der Waals surface area contributed by atoms with E-state index in [0.29, 0.717) is 33.9 Å². The van der Waals surface area contributed by atoms with Crippen molar-refractivity contribution in [1.29, 1.82) is 0 Å². The first-order valence-electron chi connectivity index (χ1n) is 9.85. The smallest absolute Gasteiger partial charge is 0.341 e. The average Bonchev–Trinajstić information content (AvgIpc) is 3.16. The van der Waals surface area contributed by atoms with Crippen LogP contribution in [0.3, 0.4) is 0 Å². The lowest BCUT2D eigenvalue weighted by Crippen LogP contribution is -2.47. The molecular formula is C22H24N2O5S2. The van der Waals surface area contributed by atoms with Crippen LogP contribution >= 0.6 is 23.1 Å². The molecule has 0 saturated carbocycles. The monoisotopic (exact) mass is 460 g/mol. The zero-order valence-corrected chi connectivity index (χ0v) is 19.4. The van der Waals surface area contributed by atoms with Crippen LogP contribution in [0.4, 0.5) is 5.00 Å². The van der Waals surface area contributed by atoms with Crippen LogP contribution in [0, 0.1) is 13.8 Å². The largest absolute Gasteiger partial charge is 0.462 e. The van der Waals surface area contributed by atoms with E-state index < -0.39 is 29.7 Å². The molecule has 3 amide bonds. The van der Waals surface area contributed by atoms with Crippen LogP contribution in [0.15, 0.2) is 24.3 Å². The number of ether oxygens (including phenoxy) is 1. The number of hydrogen-bond donors (Lipinski definition) is 1. The van der Waals surface area contributed by atoms with Crippen LogP contribution in [-0.4, -0.2) is 53.2 Å². The second-order valence-electron chi connectivity index (χ2n) is 7.02. The molecule has 9 heteroatoms. The van der Waals surface area contributed by atoms with E-state index in [1.807, 2.05) is 13.2 Å². The molecule has 1 unspecified atom stereocenters. The molecule has 0 saturated heterocycles. The third-order valence-corrected chi connectivity index (χ3v) is 6.90. The molecule has 0 spiro atoms. The molecule has 164 valence electrons. The maximum absolute atomic E-state index is 13.3. The van der Waals surface area contributed by atoms with E-state index in [2.05, 4.69) is 5.32 Å². The minimum Gasteiger partial charge on any atom is -0.462 e. The van der Waals surface area contributed by atoms with Crippen molar-refractivity contribution in [3.63, 3.8) is 0 Å². The number of anilines is 1. The standard InChI is InChI=1S/C22H24N2O5S2/c1-5-29-22(28)17-12(2)13(3)31-19(17)23-18(25)16(10-11-30-4)24-20(26)14-8-6-7-9-15(14)21(24)27/h6-9,16H,5,10-11H2,1-4H3,(H,23,25). The van der Waals surface area contributed by atoms with Gasteiger partial charge in [0.2, 0.25) is 5.91 Å². The number of amides is 3. The summed E-state index contributed by atoms with van der Waals surface area (Å²) >= 11 is 2.79. The van der Waals surface area contributed by atoms with Gasteiger partial charge >= 0.3 is 5.97 Å². The Bertz CT molecular complexity index is 1010. The predicted octanol–water partition coefficient (Wildman–Crippen LogP) is 3.90. The lowest BCUT2D eigenvalue weighted by molar-refractivity contribution is -0.120. The third kappa shape index (κ3) is 4.38. The Kier molecular flexibility index (Phi) is 7.17. The molecule has 1 N–H and O–H groups in total. The van der Waals surface area contributed by atoms with Crippen LogP contribution in [0.2, 0.25) is 0 Å². The lowest BCUT2D eigenvalue weighted by Gasteiger charge is -2.25. The minimum absolute atomic E-state index is 0.214. The maximum Gasteiger partial charge on any atom is 0.341 e. The van der Waals surface area contributed by atoms with Gasteiger partial charge in [-0.3, -0.25) is 19.3 Å². The summed E-state index contributed by atoms with van der Waals surface area (Å²) in [7, 11) is 0. The topological polar surface area (TPSA) is 92.8 Å². The second-order valence-corrected chi connectivity index (χ2v) is 9.23. The number of fused-ring (bicyclic) bond motifs is 1. The van der Waals surface area contributed by atoms with E-state index in [9.17, 15) is 19.2 Å². The van der Waals surface area contributed by atoms with Crippen LogP contribution in [0.25, 0.3) is 0 Å². The fourth-order valence-corrected chi connectivity index (χ4v) is 4.97. The molecule has 2 aromatic rings. The van der Waals surface area contributed by atoms with Crippen molar-refractivity contribution in [3.05, 3.63) is 51.4 Å². The summed E-state index contributed by atoms with van der Waals surface area (Å²) < 4.78 is 5.14. The van der Waals surface area contributed by atoms with E-state index in [1.165, 1.54) is 23.1 Å². The number of rotatable bonds is 8. The van der Waals surface area contributed by atoms with Gasteiger partial charge < -0.3 is 10.1 Å². The molecule has 31 heavy (non-hydrogen) atoms. The first-order valence-corrected chi connectivity index (χ1v) is 12.1. The molecule has 3 rings (SSSR count). The summed E-state index contributed by atoms with van der Waals surface area (Å²) in [5.74, 6) is -1.40. The number of esters is 1. The van der Waals surface area contributed by atoms with Crippen molar-refractivity contribution in [3.8, 4) is 0 Å². The van der Waals surface area contributed by atoms with E-state index in [0.717, 1.165) is 15.3 Å². The quantitative estimate of drug-likeness (QED) is 0.474. The van der Waals surface area contributed by atoms with Gasteiger partial charge in [-0.2, -0.15) is 11.8 Å². The van der Waals surface area contributed by atoms with Gasteiger partial charge in [0.05, 0.1) is 23.3 Å². The first-order chi connectivity index (χ1) is 14.8.